The lowest BCUT2D eigenvalue weighted by Gasteiger charge is -2.09. The summed E-state index contributed by atoms with van der Waals surface area (Å²) in [5.41, 5.74) is 1.44. The predicted molar refractivity (Wildman–Crippen MR) is 95.2 cm³/mol. The summed E-state index contributed by atoms with van der Waals surface area (Å²) in [4.78, 5) is 3.04. The first-order valence-electron chi connectivity index (χ1n) is 7.72. The summed E-state index contributed by atoms with van der Waals surface area (Å²) in [5.74, 6) is 0.0397. The number of hydrogen-bond donors (Lipinski definition) is 2. The molecule has 0 fully saturated rings. The molecule has 0 atom stereocenters. The Labute approximate surface area is 154 Å². The minimum atomic E-state index is -3.94. The lowest BCUT2D eigenvalue weighted by atomic mass is 10.2. The number of anilines is 1. The number of halogens is 2. The van der Waals surface area contributed by atoms with Crippen molar-refractivity contribution in [2.45, 2.75) is 32.1 Å². The van der Waals surface area contributed by atoms with Crippen molar-refractivity contribution < 1.29 is 17.2 Å². The Kier molecular flexibility index (Phi) is 4.76. The average Bonchev–Trinajstić information content (AvgIpc) is 3.15. The standard InChI is InChI=1S/C16H16ClFN4O3S/c1-4-13-20-21-16(25-13)14-8(2)15(9(3)19-14)26(23,24)22-10-5-6-12(18)11(17)7-10/h5-7,19,22H,4H2,1-3H3. The molecule has 1 aromatic carbocycles. The maximum absolute atomic E-state index is 13.3. The van der Waals surface area contributed by atoms with Gasteiger partial charge in [0.2, 0.25) is 5.89 Å². The van der Waals surface area contributed by atoms with E-state index < -0.39 is 15.8 Å². The van der Waals surface area contributed by atoms with Crippen LogP contribution < -0.4 is 4.72 Å². The van der Waals surface area contributed by atoms with Gasteiger partial charge in [-0.2, -0.15) is 0 Å². The van der Waals surface area contributed by atoms with Gasteiger partial charge in [-0.1, -0.05) is 18.5 Å². The summed E-state index contributed by atoms with van der Waals surface area (Å²) in [6.07, 6.45) is 0.573. The van der Waals surface area contributed by atoms with E-state index in [-0.39, 0.29) is 21.5 Å². The van der Waals surface area contributed by atoms with Crippen LogP contribution in [-0.2, 0) is 16.4 Å². The minimum Gasteiger partial charge on any atom is -0.419 e. The lowest BCUT2D eigenvalue weighted by Crippen LogP contribution is -2.14. The Morgan fingerprint density at radius 1 is 1.31 bits per heavy atom. The van der Waals surface area contributed by atoms with Crippen LogP contribution in [0.2, 0.25) is 5.02 Å². The van der Waals surface area contributed by atoms with Crippen LogP contribution in [-0.4, -0.2) is 23.6 Å². The Balaban J connectivity index is 2.01. The maximum Gasteiger partial charge on any atom is 0.264 e. The molecule has 0 aliphatic rings. The van der Waals surface area contributed by atoms with Crippen molar-refractivity contribution in [3.8, 4) is 11.6 Å². The summed E-state index contributed by atoms with van der Waals surface area (Å²) >= 11 is 5.71. The Morgan fingerprint density at radius 2 is 2.04 bits per heavy atom. The summed E-state index contributed by atoms with van der Waals surface area (Å²) in [5, 5.41) is 7.65. The van der Waals surface area contributed by atoms with Gasteiger partial charge in [-0.25, -0.2) is 12.8 Å². The molecule has 10 heteroatoms. The van der Waals surface area contributed by atoms with Gasteiger partial charge in [0.15, 0.2) is 0 Å². The van der Waals surface area contributed by atoms with Crippen molar-refractivity contribution in [1.82, 2.24) is 15.2 Å². The van der Waals surface area contributed by atoms with Crippen molar-refractivity contribution in [2.75, 3.05) is 4.72 Å². The molecule has 7 nitrogen and oxygen atoms in total. The Bertz CT molecular complexity index is 1080. The molecule has 2 N–H and O–H groups in total. The molecule has 0 aliphatic heterocycles. The molecule has 2 aromatic heterocycles. The smallest absolute Gasteiger partial charge is 0.264 e. The molecule has 0 spiro atoms. The number of hydrogen-bond acceptors (Lipinski definition) is 5. The van der Waals surface area contributed by atoms with E-state index in [1.165, 1.54) is 12.1 Å². The van der Waals surface area contributed by atoms with Gasteiger partial charge in [-0.05, 0) is 32.0 Å². The Morgan fingerprint density at radius 3 is 2.65 bits per heavy atom. The number of rotatable bonds is 5. The molecule has 0 radical (unpaired) electrons. The maximum atomic E-state index is 13.3. The highest BCUT2D eigenvalue weighted by atomic mass is 35.5. The van der Waals surface area contributed by atoms with E-state index in [9.17, 15) is 12.8 Å². The molecule has 0 unspecified atom stereocenters. The highest BCUT2D eigenvalue weighted by Crippen LogP contribution is 2.31. The van der Waals surface area contributed by atoms with Crippen molar-refractivity contribution >= 4 is 27.3 Å². The van der Waals surface area contributed by atoms with Crippen LogP contribution in [0, 0.1) is 19.7 Å². The zero-order valence-electron chi connectivity index (χ0n) is 14.2. The van der Waals surface area contributed by atoms with Crippen molar-refractivity contribution in [2.24, 2.45) is 0 Å². The van der Waals surface area contributed by atoms with Gasteiger partial charge in [-0.3, -0.25) is 4.72 Å². The highest BCUT2D eigenvalue weighted by Gasteiger charge is 2.26. The van der Waals surface area contributed by atoms with Gasteiger partial charge in [0.25, 0.3) is 15.9 Å². The molecular formula is C16H16ClFN4O3S. The number of sulfonamides is 1. The second-order valence-electron chi connectivity index (χ2n) is 5.67. The van der Waals surface area contributed by atoms with E-state index in [0.29, 0.717) is 29.3 Å². The highest BCUT2D eigenvalue weighted by molar-refractivity contribution is 7.92. The molecular weight excluding hydrogens is 383 g/mol. The molecule has 3 aromatic rings. The summed E-state index contributed by atoms with van der Waals surface area (Å²) in [6, 6.07) is 3.59. The Hall–Kier alpha value is -2.39. The zero-order valence-corrected chi connectivity index (χ0v) is 15.8. The molecule has 138 valence electrons. The van der Waals surface area contributed by atoms with Crippen LogP contribution in [0.1, 0.15) is 24.1 Å². The lowest BCUT2D eigenvalue weighted by molar-refractivity contribution is 0.511. The first kappa shape index (κ1) is 18.4. The van der Waals surface area contributed by atoms with Crippen LogP contribution >= 0.6 is 11.6 Å². The third-order valence-electron chi connectivity index (χ3n) is 3.79. The molecule has 2 heterocycles. The van der Waals surface area contributed by atoms with Gasteiger partial charge in [-0.15, -0.1) is 10.2 Å². The number of H-pyrrole nitrogens is 1. The number of aromatic nitrogens is 3. The van der Waals surface area contributed by atoms with Gasteiger partial charge >= 0.3 is 0 Å². The zero-order chi connectivity index (χ0) is 19.1. The fraction of sp³-hybridized carbons (Fsp3) is 0.250. The van der Waals surface area contributed by atoms with Crippen LogP contribution in [0.15, 0.2) is 27.5 Å². The van der Waals surface area contributed by atoms with E-state index in [1.807, 2.05) is 6.92 Å². The average molecular weight is 399 g/mol. The summed E-state index contributed by atoms with van der Waals surface area (Å²) in [6.45, 7) is 5.14. The predicted octanol–water partition coefficient (Wildman–Crippen LogP) is 3.84. The van der Waals surface area contributed by atoms with Gasteiger partial charge in [0.1, 0.15) is 16.4 Å². The van der Waals surface area contributed by atoms with E-state index in [0.717, 1.165) is 6.07 Å². The fourth-order valence-electron chi connectivity index (χ4n) is 2.61. The monoisotopic (exact) mass is 398 g/mol. The molecule has 0 saturated carbocycles. The second-order valence-corrected chi connectivity index (χ2v) is 7.69. The number of nitrogens with one attached hydrogen (secondary N) is 2. The molecule has 3 rings (SSSR count). The first-order valence-corrected chi connectivity index (χ1v) is 9.58. The van der Waals surface area contributed by atoms with E-state index in [2.05, 4.69) is 19.9 Å². The quantitative estimate of drug-likeness (QED) is 0.680. The van der Waals surface area contributed by atoms with Crippen molar-refractivity contribution in [1.29, 1.82) is 0 Å². The summed E-state index contributed by atoms with van der Waals surface area (Å²) < 4.78 is 46.8. The molecule has 0 saturated heterocycles. The molecule has 26 heavy (non-hydrogen) atoms. The SMILES string of the molecule is CCc1nnc(-c2[nH]c(C)c(S(=O)(=O)Nc3ccc(F)c(Cl)c3)c2C)o1. The van der Waals surface area contributed by atoms with E-state index in [4.69, 9.17) is 16.0 Å². The van der Waals surface area contributed by atoms with Crippen molar-refractivity contribution in [3.63, 3.8) is 0 Å². The van der Waals surface area contributed by atoms with Crippen molar-refractivity contribution in [3.05, 3.63) is 46.2 Å². The van der Waals surface area contributed by atoms with Crippen LogP contribution in [0.4, 0.5) is 10.1 Å². The van der Waals surface area contributed by atoms with Gasteiger partial charge < -0.3 is 9.40 Å². The van der Waals surface area contributed by atoms with E-state index in [1.54, 1.807) is 13.8 Å². The second kappa shape index (κ2) is 6.73. The van der Waals surface area contributed by atoms with Crippen LogP contribution in [0.5, 0.6) is 0 Å². The number of nitrogens with zero attached hydrogens (tertiary/aromatic N) is 2. The van der Waals surface area contributed by atoms with Crippen LogP contribution in [0.3, 0.4) is 0 Å². The number of aryl methyl sites for hydroxylation is 2. The largest absolute Gasteiger partial charge is 0.419 e. The number of benzene rings is 1. The van der Waals surface area contributed by atoms with Gasteiger partial charge in [0.05, 0.1) is 10.7 Å². The third kappa shape index (κ3) is 3.32. The number of aromatic amines is 1. The first-order chi connectivity index (χ1) is 12.2. The topological polar surface area (TPSA) is 101 Å². The molecule has 0 bridgehead atoms. The van der Waals surface area contributed by atoms with Gasteiger partial charge in [0, 0.05) is 17.7 Å². The third-order valence-corrected chi connectivity index (χ3v) is 5.74. The van der Waals surface area contributed by atoms with E-state index >= 15 is 0 Å². The summed E-state index contributed by atoms with van der Waals surface area (Å²) in [7, 11) is -3.94. The minimum absolute atomic E-state index is 0.0594. The molecule has 0 aliphatic carbocycles. The normalized spacial score (nSPS) is 11.7. The molecule has 0 amide bonds. The van der Waals surface area contributed by atoms with Crippen LogP contribution in [0.25, 0.3) is 11.6 Å². The fourth-order valence-corrected chi connectivity index (χ4v) is 4.29.